The van der Waals surface area contributed by atoms with E-state index in [1.165, 1.54) is 0 Å². The van der Waals surface area contributed by atoms with Crippen LogP contribution in [0, 0.1) is 0 Å². The van der Waals surface area contributed by atoms with E-state index >= 15 is 0 Å². The molecule has 0 aliphatic carbocycles. The van der Waals surface area contributed by atoms with Crippen molar-refractivity contribution in [3.8, 4) is 0 Å². The number of hydrogen-bond acceptors (Lipinski definition) is 6. The van der Waals surface area contributed by atoms with E-state index in [4.69, 9.17) is 11.6 Å². The van der Waals surface area contributed by atoms with Crippen molar-refractivity contribution in [3.05, 3.63) is 0 Å². The number of carbonyl (C=O) groups is 3. The minimum atomic E-state index is -0.874. The summed E-state index contributed by atoms with van der Waals surface area (Å²) in [5, 5.41) is 8.22. The molecule has 20 heavy (non-hydrogen) atoms. The molecule has 4 unspecified atom stereocenters. The summed E-state index contributed by atoms with van der Waals surface area (Å²) in [6, 6.07) is -1.01. The van der Waals surface area contributed by atoms with Crippen LogP contribution in [-0.2, 0) is 9.59 Å². The molecule has 2 aliphatic heterocycles. The zero-order valence-corrected chi connectivity index (χ0v) is 11.5. The lowest BCUT2D eigenvalue weighted by molar-refractivity contribution is -0.123. The number of amides is 4. The summed E-state index contributed by atoms with van der Waals surface area (Å²) in [6.45, 7) is 0.0258. The maximum atomic E-state index is 11.8. The van der Waals surface area contributed by atoms with Crippen LogP contribution in [0.15, 0.2) is 0 Å². The number of nitrogens with one attached hydrogen (secondary N) is 4. The molecule has 0 aromatic carbocycles. The summed E-state index contributed by atoms with van der Waals surface area (Å²) < 4.78 is 0. The average Bonchev–Trinajstić information content (AvgIpc) is 2.95. The molecule has 8 N–H and O–H groups in total. The van der Waals surface area contributed by atoms with Crippen molar-refractivity contribution in [2.75, 3.05) is 12.3 Å². The maximum absolute atomic E-state index is 11.8. The van der Waals surface area contributed by atoms with Gasteiger partial charge in [-0.05, 0) is 0 Å². The number of rotatable bonds is 5. The Morgan fingerprint density at radius 3 is 2.90 bits per heavy atom. The van der Waals surface area contributed by atoms with Crippen molar-refractivity contribution in [2.24, 2.45) is 11.6 Å². The Morgan fingerprint density at radius 2 is 2.20 bits per heavy atom. The molecule has 4 amide bonds. The first kappa shape index (κ1) is 14.9. The summed E-state index contributed by atoms with van der Waals surface area (Å²) in [7, 11) is 0. The van der Waals surface area contributed by atoms with Gasteiger partial charge in [0.1, 0.15) is 6.04 Å². The van der Waals surface area contributed by atoms with E-state index in [2.05, 4.69) is 16.0 Å². The predicted molar refractivity (Wildman–Crippen MR) is 73.4 cm³/mol. The van der Waals surface area contributed by atoms with Crippen LogP contribution in [0.1, 0.15) is 6.42 Å². The van der Waals surface area contributed by atoms with Gasteiger partial charge in [0.05, 0.1) is 12.1 Å². The lowest BCUT2D eigenvalue weighted by Gasteiger charge is -2.17. The fourth-order valence-corrected chi connectivity index (χ4v) is 3.72. The highest BCUT2D eigenvalue weighted by atomic mass is 32.2. The maximum Gasteiger partial charge on any atom is 0.315 e. The van der Waals surface area contributed by atoms with Crippen LogP contribution in [0.4, 0.5) is 4.79 Å². The van der Waals surface area contributed by atoms with Gasteiger partial charge in [0.2, 0.25) is 5.91 Å². The van der Waals surface area contributed by atoms with Gasteiger partial charge in [-0.1, -0.05) is 0 Å². The molecular formula is C10H18N6O3S. The first-order chi connectivity index (χ1) is 9.51. The first-order valence-corrected chi connectivity index (χ1v) is 7.27. The van der Waals surface area contributed by atoms with Gasteiger partial charge in [-0.25, -0.2) is 10.6 Å². The molecule has 2 rings (SSSR count). The van der Waals surface area contributed by atoms with Crippen LogP contribution in [0.3, 0.4) is 0 Å². The highest BCUT2D eigenvalue weighted by molar-refractivity contribution is 8.00. The van der Waals surface area contributed by atoms with Crippen molar-refractivity contribution >= 4 is 29.6 Å². The van der Waals surface area contributed by atoms with E-state index in [1.807, 2.05) is 5.43 Å². The third-order valence-electron chi connectivity index (χ3n) is 3.32. The first-order valence-electron chi connectivity index (χ1n) is 6.22. The molecule has 2 heterocycles. The second kappa shape index (κ2) is 6.29. The largest absolute Gasteiger partial charge is 0.354 e. The number of carbonyl (C=O) groups excluding carboxylic acids is 3. The number of fused-ring (bicyclic) bond motifs is 1. The summed E-state index contributed by atoms with van der Waals surface area (Å²) in [6.07, 6.45) is 0.269. The molecular weight excluding hydrogens is 284 g/mol. The Morgan fingerprint density at radius 1 is 1.45 bits per heavy atom. The number of urea groups is 1. The lowest BCUT2D eigenvalue weighted by atomic mass is 10.1. The standard InChI is InChI=1S/C10H18N6O3S/c11-4(9(18)16-12)2-13-7(17)1-6-8-5(3-20-6)14-10(19)15-8/h4-6,8H,1-3,11-12H2,(H,13,17)(H,16,18)(H2,14,15,19). The number of hydrazine groups is 1. The number of thioether (sulfide) groups is 1. The van der Waals surface area contributed by atoms with Gasteiger partial charge in [-0.2, -0.15) is 11.8 Å². The molecule has 2 saturated heterocycles. The van der Waals surface area contributed by atoms with Crippen LogP contribution >= 0.6 is 11.8 Å². The Bertz CT molecular complexity index is 420. The summed E-state index contributed by atoms with van der Waals surface area (Å²) in [4.78, 5) is 34.1. The van der Waals surface area contributed by atoms with E-state index in [-0.39, 0.29) is 42.2 Å². The minimum absolute atomic E-state index is 0.0258. The lowest BCUT2D eigenvalue weighted by Crippen LogP contribution is -2.50. The second-order valence-corrected chi connectivity index (χ2v) is 6.02. The van der Waals surface area contributed by atoms with Crippen LogP contribution in [0.2, 0.25) is 0 Å². The van der Waals surface area contributed by atoms with Crippen LogP contribution in [0.25, 0.3) is 0 Å². The van der Waals surface area contributed by atoms with Crippen molar-refractivity contribution in [1.82, 2.24) is 21.4 Å². The molecule has 112 valence electrons. The molecule has 0 aromatic rings. The molecule has 0 aromatic heterocycles. The molecule has 2 fully saturated rings. The van der Waals surface area contributed by atoms with Crippen molar-refractivity contribution in [3.63, 3.8) is 0 Å². The van der Waals surface area contributed by atoms with Gasteiger partial charge in [0.15, 0.2) is 0 Å². The van der Waals surface area contributed by atoms with Gasteiger partial charge in [-0.3, -0.25) is 15.0 Å². The Kier molecular flexibility index (Phi) is 4.68. The summed E-state index contributed by atoms with van der Waals surface area (Å²) in [5.41, 5.74) is 7.43. The van der Waals surface area contributed by atoms with E-state index in [1.54, 1.807) is 11.8 Å². The molecule has 10 heteroatoms. The predicted octanol–water partition coefficient (Wildman–Crippen LogP) is -3.02. The van der Waals surface area contributed by atoms with Crippen molar-refractivity contribution in [1.29, 1.82) is 0 Å². The van der Waals surface area contributed by atoms with E-state index in [0.29, 0.717) is 0 Å². The average molecular weight is 302 g/mol. The zero-order valence-electron chi connectivity index (χ0n) is 10.7. The fraction of sp³-hybridized carbons (Fsp3) is 0.700. The van der Waals surface area contributed by atoms with Crippen molar-refractivity contribution < 1.29 is 14.4 Å². The smallest absolute Gasteiger partial charge is 0.315 e. The SMILES string of the molecule is NNC(=O)C(N)CNC(=O)CC1SCC2NC(=O)NC21. The van der Waals surface area contributed by atoms with Gasteiger partial charge >= 0.3 is 6.03 Å². The quantitative estimate of drug-likeness (QED) is 0.138. The third kappa shape index (κ3) is 3.32. The normalized spacial score (nSPS) is 29.1. The van der Waals surface area contributed by atoms with Gasteiger partial charge in [0, 0.05) is 24.0 Å². The minimum Gasteiger partial charge on any atom is -0.354 e. The summed E-state index contributed by atoms with van der Waals surface area (Å²) in [5.74, 6) is 4.99. The highest BCUT2D eigenvalue weighted by Crippen LogP contribution is 2.31. The van der Waals surface area contributed by atoms with Crippen LogP contribution in [0.5, 0.6) is 0 Å². The van der Waals surface area contributed by atoms with E-state index < -0.39 is 11.9 Å². The Balaban J connectivity index is 1.75. The van der Waals surface area contributed by atoms with Gasteiger partial charge < -0.3 is 21.7 Å². The molecule has 0 radical (unpaired) electrons. The topological polar surface area (TPSA) is 151 Å². The number of hydrogen-bond donors (Lipinski definition) is 6. The van der Waals surface area contributed by atoms with Gasteiger partial charge in [0.25, 0.3) is 5.91 Å². The molecule has 9 nitrogen and oxygen atoms in total. The molecule has 0 spiro atoms. The highest BCUT2D eigenvalue weighted by Gasteiger charge is 2.43. The van der Waals surface area contributed by atoms with Crippen LogP contribution < -0.4 is 33.0 Å². The monoisotopic (exact) mass is 302 g/mol. The fourth-order valence-electron chi connectivity index (χ4n) is 2.24. The molecule has 0 bridgehead atoms. The summed E-state index contributed by atoms with van der Waals surface area (Å²) >= 11 is 1.64. The Hall–Kier alpha value is -1.52. The molecule has 2 aliphatic rings. The number of nitrogens with two attached hydrogens (primary N) is 2. The van der Waals surface area contributed by atoms with Crippen molar-refractivity contribution in [2.45, 2.75) is 29.8 Å². The van der Waals surface area contributed by atoms with Crippen LogP contribution in [-0.4, -0.2) is 53.5 Å². The van der Waals surface area contributed by atoms with E-state index in [0.717, 1.165) is 5.75 Å². The zero-order chi connectivity index (χ0) is 14.7. The molecule has 0 saturated carbocycles. The van der Waals surface area contributed by atoms with Gasteiger partial charge in [-0.15, -0.1) is 0 Å². The second-order valence-electron chi connectivity index (χ2n) is 4.75. The molecule has 4 atom stereocenters. The van der Waals surface area contributed by atoms with E-state index in [9.17, 15) is 14.4 Å². The Labute approximate surface area is 119 Å². The third-order valence-corrected chi connectivity index (χ3v) is 4.76.